The first kappa shape index (κ1) is 14.4. The maximum absolute atomic E-state index is 11.2. The summed E-state index contributed by atoms with van der Waals surface area (Å²) in [4.78, 5) is -0.543. The van der Waals surface area contributed by atoms with E-state index in [9.17, 15) is 16.8 Å². The van der Waals surface area contributed by atoms with Gasteiger partial charge in [0.1, 0.15) is 0 Å². The van der Waals surface area contributed by atoms with Crippen LogP contribution < -0.4 is 0 Å². The van der Waals surface area contributed by atoms with Crippen LogP contribution in [0.4, 0.5) is 0 Å². The van der Waals surface area contributed by atoms with Crippen molar-refractivity contribution in [2.45, 2.75) is 9.79 Å². The summed E-state index contributed by atoms with van der Waals surface area (Å²) in [6.07, 6.45) is 0. The second kappa shape index (κ2) is 4.49. The smallest absolute Gasteiger partial charge is 0.282 e. The number of rotatable bonds is 2. The average Bonchev–Trinajstić information content (AvgIpc) is 2.73. The van der Waals surface area contributed by atoms with E-state index in [-0.39, 0.29) is 9.79 Å². The minimum atomic E-state index is -4.34. The van der Waals surface area contributed by atoms with Gasteiger partial charge in [-0.1, -0.05) is 0 Å². The largest absolute Gasteiger partial charge is 0.294 e. The predicted octanol–water partition coefficient (Wildman–Crippen LogP) is 2.55. The van der Waals surface area contributed by atoms with Gasteiger partial charge in [-0.05, 0) is 36.4 Å². The molecule has 110 valence electrons. The van der Waals surface area contributed by atoms with Gasteiger partial charge < -0.3 is 0 Å². The molecule has 0 aliphatic carbocycles. The molecule has 0 unspecified atom stereocenters. The fraction of sp³-hybridized carbons (Fsp3) is 0. The molecule has 0 amide bonds. The van der Waals surface area contributed by atoms with Crippen LogP contribution in [0.5, 0.6) is 0 Å². The zero-order valence-electron chi connectivity index (χ0n) is 10.2. The highest BCUT2D eigenvalue weighted by molar-refractivity contribution is 7.86. The van der Waals surface area contributed by atoms with E-state index in [4.69, 9.17) is 9.11 Å². The Morgan fingerprint density at radius 3 is 1.43 bits per heavy atom. The van der Waals surface area contributed by atoms with Crippen molar-refractivity contribution in [1.29, 1.82) is 0 Å². The van der Waals surface area contributed by atoms with Gasteiger partial charge in [-0.2, -0.15) is 16.8 Å². The van der Waals surface area contributed by atoms with E-state index in [1.807, 2.05) is 0 Å². The van der Waals surface area contributed by atoms with Crippen molar-refractivity contribution in [3.05, 3.63) is 36.4 Å². The number of hydrogen-bond acceptors (Lipinski definition) is 5. The number of hydrogen-bond donors (Lipinski definition) is 2. The summed E-state index contributed by atoms with van der Waals surface area (Å²) in [5.74, 6) is 0. The standard InChI is InChI=1S/C12H8O6S3/c13-20(14,15)7-1-3-11-9(5-7)10-6-8(21(16,17)18)2-4-12(10)19-11/h1-6H,(H,13,14,15)(H,16,17,18). The van der Waals surface area contributed by atoms with Gasteiger partial charge in [0.2, 0.25) is 0 Å². The molecular formula is C12H8O6S3. The third-order valence-corrected chi connectivity index (χ3v) is 5.86. The Hall–Kier alpha value is -1.52. The van der Waals surface area contributed by atoms with Crippen LogP contribution in [0.3, 0.4) is 0 Å². The molecule has 21 heavy (non-hydrogen) atoms. The molecule has 3 rings (SSSR count). The lowest BCUT2D eigenvalue weighted by atomic mass is 10.1. The van der Waals surface area contributed by atoms with E-state index in [0.29, 0.717) is 10.8 Å². The summed E-state index contributed by atoms with van der Waals surface area (Å²) >= 11 is 1.35. The predicted molar refractivity (Wildman–Crippen MR) is 79.0 cm³/mol. The molecular weight excluding hydrogens is 336 g/mol. The molecule has 0 radical (unpaired) electrons. The van der Waals surface area contributed by atoms with Gasteiger partial charge in [-0.3, -0.25) is 9.11 Å². The molecule has 0 bridgehead atoms. The number of thiophene rings is 1. The molecule has 0 spiro atoms. The molecule has 0 aliphatic rings. The quantitative estimate of drug-likeness (QED) is 0.692. The Balaban J connectivity index is 2.42. The summed E-state index contributed by atoms with van der Waals surface area (Å²) in [5.41, 5.74) is 0. The SMILES string of the molecule is O=S(=O)(O)c1ccc2sc3ccc(S(=O)(=O)O)cc3c2c1. The normalized spacial score (nSPS) is 13.0. The Kier molecular flexibility index (Phi) is 3.08. The van der Waals surface area contributed by atoms with E-state index in [2.05, 4.69) is 0 Å². The van der Waals surface area contributed by atoms with Crippen molar-refractivity contribution >= 4 is 51.7 Å². The van der Waals surface area contributed by atoms with Crippen LogP contribution in [-0.4, -0.2) is 25.9 Å². The first-order chi connectivity index (χ1) is 9.66. The maximum atomic E-state index is 11.2. The van der Waals surface area contributed by atoms with Crippen LogP contribution in [-0.2, 0) is 20.2 Å². The van der Waals surface area contributed by atoms with Crippen LogP contribution in [0.15, 0.2) is 46.2 Å². The first-order valence-electron chi connectivity index (χ1n) is 5.57. The van der Waals surface area contributed by atoms with Crippen LogP contribution in [0.25, 0.3) is 20.2 Å². The van der Waals surface area contributed by atoms with Crippen LogP contribution in [0.1, 0.15) is 0 Å². The van der Waals surface area contributed by atoms with Crippen molar-refractivity contribution in [3.63, 3.8) is 0 Å². The van der Waals surface area contributed by atoms with Crippen molar-refractivity contribution in [2.75, 3.05) is 0 Å². The van der Waals surface area contributed by atoms with E-state index in [1.165, 1.54) is 47.7 Å². The molecule has 2 aromatic carbocycles. The molecule has 3 aromatic rings. The van der Waals surface area contributed by atoms with Gasteiger partial charge >= 0.3 is 0 Å². The lowest BCUT2D eigenvalue weighted by molar-refractivity contribution is 0.481. The molecule has 6 nitrogen and oxygen atoms in total. The maximum Gasteiger partial charge on any atom is 0.294 e. The molecule has 9 heteroatoms. The van der Waals surface area contributed by atoms with Gasteiger partial charge in [0.25, 0.3) is 20.2 Å². The van der Waals surface area contributed by atoms with Crippen molar-refractivity contribution in [2.24, 2.45) is 0 Å². The highest BCUT2D eigenvalue weighted by Crippen LogP contribution is 2.36. The molecule has 0 fully saturated rings. The number of benzene rings is 2. The van der Waals surface area contributed by atoms with E-state index >= 15 is 0 Å². The molecule has 0 atom stereocenters. The summed E-state index contributed by atoms with van der Waals surface area (Å²) in [6.45, 7) is 0. The van der Waals surface area contributed by atoms with Crippen LogP contribution in [0.2, 0.25) is 0 Å². The molecule has 1 heterocycles. The van der Waals surface area contributed by atoms with Crippen molar-refractivity contribution in [1.82, 2.24) is 0 Å². The Bertz CT molecular complexity index is 991. The van der Waals surface area contributed by atoms with E-state index < -0.39 is 20.2 Å². The van der Waals surface area contributed by atoms with Gasteiger partial charge in [0.05, 0.1) is 9.79 Å². The zero-order valence-corrected chi connectivity index (χ0v) is 12.7. The minimum absolute atomic E-state index is 0.271. The summed E-state index contributed by atoms with van der Waals surface area (Å²) < 4.78 is 64.4. The average molecular weight is 344 g/mol. The second-order valence-corrected chi connectivity index (χ2v) is 8.29. The monoisotopic (exact) mass is 344 g/mol. The highest BCUT2D eigenvalue weighted by Gasteiger charge is 2.15. The van der Waals surface area contributed by atoms with Gasteiger partial charge in [-0.15, -0.1) is 11.3 Å². The topological polar surface area (TPSA) is 109 Å². The molecule has 0 saturated carbocycles. The summed E-state index contributed by atoms with van der Waals surface area (Å²) in [6, 6.07) is 8.18. The first-order valence-corrected chi connectivity index (χ1v) is 9.27. The fourth-order valence-corrected chi connectivity index (χ4v) is 4.14. The van der Waals surface area contributed by atoms with Crippen molar-refractivity contribution < 1.29 is 25.9 Å². The molecule has 1 aromatic heterocycles. The van der Waals surface area contributed by atoms with Gasteiger partial charge in [0, 0.05) is 20.2 Å². The lowest BCUT2D eigenvalue weighted by Crippen LogP contribution is -1.97. The van der Waals surface area contributed by atoms with Gasteiger partial charge in [0.15, 0.2) is 0 Å². The Labute approximate surface area is 124 Å². The number of fused-ring (bicyclic) bond motifs is 3. The zero-order chi connectivity index (χ0) is 15.4. The minimum Gasteiger partial charge on any atom is -0.282 e. The summed E-state index contributed by atoms with van der Waals surface area (Å²) in [5, 5.41) is 0.992. The second-order valence-electron chi connectivity index (χ2n) is 4.37. The fourth-order valence-electron chi connectivity index (χ4n) is 2.06. The third-order valence-electron chi connectivity index (χ3n) is 3.01. The third kappa shape index (κ3) is 2.54. The molecule has 2 N–H and O–H groups in total. The van der Waals surface area contributed by atoms with Gasteiger partial charge in [-0.25, -0.2) is 0 Å². The van der Waals surface area contributed by atoms with E-state index in [0.717, 1.165) is 9.40 Å². The van der Waals surface area contributed by atoms with Crippen molar-refractivity contribution in [3.8, 4) is 0 Å². The lowest BCUT2D eigenvalue weighted by Gasteiger charge is -1.99. The Morgan fingerprint density at radius 2 is 1.10 bits per heavy atom. The Morgan fingerprint density at radius 1 is 0.714 bits per heavy atom. The van der Waals surface area contributed by atoms with Crippen LogP contribution in [0, 0.1) is 0 Å². The van der Waals surface area contributed by atoms with E-state index in [1.54, 1.807) is 0 Å². The summed E-state index contributed by atoms with van der Waals surface area (Å²) in [7, 11) is -8.68. The highest BCUT2D eigenvalue weighted by atomic mass is 32.2. The molecule has 0 aliphatic heterocycles. The molecule has 0 saturated heterocycles. The van der Waals surface area contributed by atoms with Crippen LogP contribution >= 0.6 is 11.3 Å².